The molecule has 1 fully saturated rings. The first-order valence-corrected chi connectivity index (χ1v) is 8.70. The molecule has 1 atom stereocenters. The molecule has 0 spiro atoms. The molecule has 124 valence electrons. The fourth-order valence-corrected chi connectivity index (χ4v) is 3.18. The van der Waals surface area contributed by atoms with E-state index in [1.54, 1.807) is 30.3 Å². The van der Waals surface area contributed by atoms with E-state index in [1.165, 1.54) is 11.3 Å². The molecule has 1 amide bonds. The molecule has 5 nitrogen and oxygen atoms in total. The number of hydrogen-bond donors (Lipinski definition) is 1. The molecule has 0 aliphatic heterocycles. The number of Topliss-reactive ketones (excluding diaryl/α,β-unsaturated/α-hetero) is 1. The summed E-state index contributed by atoms with van der Waals surface area (Å²) in [7, 11) is 0. The second-order valence-corrected chi connectivity index (χ2v) is 6.56. The van der Waals surface area contributed by atoms with Crippen molar-refractivity contribution >= 4 is 34.7 Å². The van der Waals surface area contributed by atoms with Crippen LogP contribution in [0.2, 0.25) is 0 Å². The zero-order chi connectivity index (χ0) is 16.9. The van der Waals surface area contributed by atoms with E-state index in [0.29, 0.717) is 29.0 Å². The Bertz CT molecular complexity index is 737. The molecule has 1 saturated carbocycles. The quantitative estimate of drug-likeness (QED) is 0.860. The lowest BCUT2D eigenvalue weighted by atomic mass is 9.96. The topological polar surface area (TPSA) is 72.5 Å². The van der Waals surface area contributed by atoms with Crippen LogP contribution >= 0.6 is 11.3 Å². The van der Waals surface area contributed by atoms with Gasteiger partial charge in [-0.05, 0) is 55.0 Å². The Hall–Kier alpha value is -2.47. The van der Waals surface area contributed by atoms with Crippen molar-refractivity contribution in [2.24, 2.45) is 0 Å². The van der Waals surface area contributed by atoms with Crippen molar-refractivity contribution in [1.29, 1.82) is 0 Å². The van der Waals surface area contributed by atoms with E-state index in [-0.39, 0.29) is 11.7 Å². The molecule has 0 saturated heterocycles. The largest absolute Gasteiger partial charge is 0.451 e. The molecule has 3 rings (SSSR count). The highest BCUT2D eigenvalue weighted by Gasteiger charge is 2.26. The van der Waals surface area contributed by atoms with Crippen molar-refractivity contribution in [3.05, 3.63) is 52.2 Å². The molecule has 1 aliphatic rings. The minimum absolute atomic E-state index is 0.00516. The third-order valence-electron chi connectivity index (χ3n) is 3.87. The predicted molar refractivity (Wildman–Crippen MR) is 91.4 cm³/mol. The van der Waals surface area contributed by atoms with Crippen molar-refractivity contribution in [2.45, 2.75) is 31.8 Å². The summed E-state index contributed by atoms with van der Waals surface area (Å²) in [5.74, 6) is -0.700. The van der Waals surface area contributed by atoms with E-state index in [9.17, 15) is 14.4 Å². The third-order valence-corrected chi connectivity index (χ3v) is 4.74. The first-order valence-electron chi connectivity index (χ1n) is 7.82. The van der Waals surface area contributed by atoms with E-state index in [1.807, 2.05) is 11.4 Å². The normalized spacial score (nSPS) is 17.3. The second kappa shape index (κ2) is 7.40. The van der Waals surface area contributed by atoms with Gasteiger partial charge in [-0.25, -0.2) is 4.79 Å². The van der Waals surface area contributed by atoms with Crippen LogP contribution in [0, 0.1) is 0 Å². The number of carbonyl (C=O) groups excluding carboxylic acids is 3. The highest BCUT2D eigenvalue weighted by Crippen LogP contribution is 2.20. The van der Waals surface area contributed by atoms with Gasteiger partial charge >= 0.3 is 5.97 Å². The van der Waals surface area contributed by atoms with Gasteiger partial charge < -0.3 is 10.1 Å². The smallest absolute Gasteiger partial charge is 0.338 e. The summed E-state index contributed by atoms with van der Waals surface area (Å²) in [6.45, 7) is 0. The van der Waals surface area contributed by atoms with Gasteiger partial charge in [0.2, 0.25) is 0 Å². The SMILES string of the molecule is O=C(O[C@@H]1CCCCC1=O)c1ccc(NC(=O)c2cccs2)cc1. The van der Waals surface area contributed by atoms with Gasteiger partial charge in [-0.2, -0.15) is 0 Å². The number of ketones is 1. The summed E-state index contributed by atoms with van der Waals surface area (Å²) < 4.78 is 5.30. The summed E-state index contributed by atoms with van der Waals surface area (Å²) in [6, 6.07) is 10.0. The summed E-state index contributed by atoms with van der Waals surface area (Å²) in [6.07, 6.45) is 2.22. The third kappa shape index (κ3) is 3.89. The summed E-state index contributed by atoms with van der Waals surface area (Å²) >= 11 is 1.36. The lowest BCUT2D eigenvalue weighted by molar-refractivity contribution is -0.129. The van der Waals surface area contributed by atoms with Crippen LogP contribution in [0.1, 0.15) is 45.7 Å². The number of benzene rings is 1. The van der Waals surface area contributed by atoms with E-state index in [4.69, 9.17) is 4.74 Å². The number of ether oxygens (including phenoxy) is 1. The predicted octanol–water partition coefficient (Wildman–Crippen LogP) is 3.67. The van der Waals surface area contributed by atoms with Gasteiger partial charge in [0.15, 0.2) is 11.9 Å². The van der Waals surface area contributed by atoms with Gasteiger partial charge in [0.1, 0.15) is 0 Å². The van der Waals surface area contributed by atoms with Crippen LogP contribution in [0.3, 0.4) is 0 Å². The monoisotopic (exact) mass is 343 g/mol. The molecular weight excluding hydrogens is 326 g/mol. The van der Waals surface area contributed by atoms with Gasteiger partial charge in [0.05, 0.1) is 10.4 Å². The zero-order valence-electron chi connectivity index (χ0n) is 13.0. The maximum atomic E-state index is 12.1. The highest BCUT2D eigenvalue weighted by atomic mass is 32.1. The standard InChI is InChI=1S/C18H17NO4S/c20-14-4-1-2-5-15(14)23-18(22)12-7-9-13(10-8-12)19-17(21)16-6-3-11-24-16/h3,6-11,15H,1-2,4-5H2,(H,19,21)/t15-/m1/s1. The van der Waals surface area contributed by atoms with Crippen LogP contribution in [0.25, 0.3) is 0 Å². The Balaban J connectivity index is 1.60. The van der Waals surface area contributed by atoms with Crippen LogP contribution in [-0.4, -0.2) is 23.8 Å². The first kappa shape index (κ1) is 16.4. The van der Waals surface area contributed by atoms with Gasteiger partial charge in [-0.3, -0.25) is 9.59 Å². The molecule has 0 bridgehead atoms. The van der Waals surface area contributed by atoms with Crippen molar-refractivity contribution in [3.63, 3.8) is 0 Å². The molecule has 0 radical (unpaired) electrons. The Morgan fingerprint density at radius 1 is 1.12 bits per heavy atom. The summed E-state index contributed by atoms with van der Waals surface area (Å²) in [5.41, 5.74) is 0.959. The molecule has 1 aromatic heterocycles. The van der Waals surface area contributed by atoms with Gasteiger partial charge in [-0.1, -0.05) is 6.07 Å². The summed E-state index contributed by atoms with van der Waals surface area (Å²) in [5, 5.41) is 4.60. The van der Waals surface area contributed by atoms with E-state index >= 15 is 0 Å². The van der Waals surface area contributed by atoms with E-state index in [0.717, 1.165) is 12.8 Å². The Morgan fingerprint density at radius 3 is 2.58 bits per heavy atom. The van der Waals surface area contributed by atoms with Crippen molar-refractivity contribution in [2.75, 3.05) is 5.32 Å². The highest BCUT2D eigenvalue weighted by molar-refractivity contribution is 7.12. The van der Waals surface area contributed by atoms with Crippen LogP contribution in [0.4, 0.5) is 5.69 Å². The molecule has 1 aromatic carbocycles. The van der Waals surface area contributed by atoms with Crippen LogP contribution < -0.4 is 5.32 Å². The second-order valence-electron chi connectivity index (χ2n) is 5.61. The summed E-state index contributed by atoms with van der Waals surface area (Å²) in [4.78, 5) is 36.4. The van der Waals surface area contributed by atoms with Crippen molar-refractivity contribution in [3.8, 4) is 0 Å². The van der Waals surface area contributed by atoms with Crippen molar-refractivity contribution in [1.82, 2.24) is 0 Å². The van der Waals surface area contributed by atoms with Gasteiger partial charge in [0, 0.05) is 12.1 Å². The van der Waals surface area contributed by atoms with Crippen molar-refractivity contribution < 1.29 is 19.1 Å². The maximum Gasteiger partial charge on any atom is 0.338 e. The van der Waals surface area contributed by atoms with Gasteiger partial charge in [-0.15, -0.1) is 11.3 Å². The molecule has 0 unspecified atom stereocenters. The zero-order valence-corrected chi connectivity index (χ0v) is 13.8. The molecule has 2 aromatic rings. The molecule has 1 N–H and O–H groups in total. The Kier molecular flexibility index (Phi) is 5.05. The van der Waals surface area contributed by atoms with E-state index in [2.05, 4.69) is 5.32 Å². The molecule has 1 heterocycles. The number of rotatable bonds is 4. The van der Waals surface area contributed by atoms with E-state index < -0.39 is 12.1 Å². The van der Waals surface area contributed by atoms with Crippen LogP contribution in [-0.2, 0) is 9.53 Å². The van der Waals surface area contributed by atoms with Crippen LogP contribution in [0.15, 0.2) is 41.8 Å². The molecular formula is C18H17NO4S. The fourth-order valence-electron chi connectivity index (χ4n) is 2.56. The first-order chi connectivity index (χ1) is 11.6. The minimum Gasteiger partial charge on any atom is -0.451 e. The number of amides is 1. The molecule has 24 heavy (non-hydrogen) atoms. The molecule has 6 heteroatoms. The number of nitrogens with one attached hydrogen (secondary N) is 1. The Labute approximate surface area is 143 Å². The average molecular weight is 343 g/mol. The number of hydrogen-bond acceptors (Lipinski definition) is 5. The van der Waals surface area contributed by atoms with Crippen LogP contribution in [0.5, 0.6) is 0 Å². The number of esters is 1. The lowest BCUT2D eigenvalue weighted by Gasteiger charge is -2.20. The lowest BCUT2D eigenvalue weighted by Crippen LogP contribution is -2.30. The maximum absolute atomic E-state index is 12.1. The minimum atomic E-state index is -0.621. The Morgan fingerprint density at radius 2 is 1.92 bits per heavy atom. The van der Waals surface area contributed by atoms with Gasteiger partial charge in [0.25, 0.3) is 5.91 Å². The average Bonchev–Trinajstić information content (AvgIpc) is 3.12. The number of thiophene rings is 1. The molecule has 1 aliphatic carbocycles. The fraction of sp³-hybridized carbons (Fsp3) is 0.278. The number of carbonyl (C=O) groups is 3. The number of anilines is 1.